The predicted molar refractivity (Wildman–Crippen MR) is 213 cm³/mol. The summed E-state index contributed by atoms with van der Waals surface area (Å²) in [4.78, 5) is 2.53. The molecule has 0 saturated carbocycles. The average molecular weight is 652 g/mol. The van der Waals surface area contributed by atoms with Crippen LogP contribution in [0.15, 0.2) is 133 Å². The molecule has 6 aromatic rings. The number of rotatable bonds is 9. The summed E-state index contributed by atoms with van der Waals surface area (Å²) in [5.74, 6) is 0. The van der Waals surface area contributed by atoms with Crippen LogP contribution in [0.1, 0.15) is 85.4 Å². The quantitative estimate of drug-likeness (QED) is 0.141. The molecule has 4 bridgehead atoms. The first-order valence-electron chi connectivity index (χ1n) is 18.9. The van der Waals surface area contributed by atoms with Gasteiger partial charge >= 0.3 is 0 Å². The van der Waals surface area contributed by atoms with Crippen molar-refractivity contribution in [2.24, 2.45) is 0 Å². The van der Waals surface area contributed by atoms with Crippen LogP contribution in [0.3, 0.4) is 0 Å². The second-order valence-electron chi connectivity index (χ2n) is 15.0. The highest BCUT2D eigenvalue weighted by atomic mass is 15.1. The molecule has 0 amide bonds. The minimum Gasteiger partial charge on any atom is -0.310 e. The summed E-state index contributed by atoms with van der Waals surface area (Å²) in [6.07, 6.45) is 10.7. The lowest BCUT2D eigenvalue weighted by atomic mass is 9.81. The maximum absolute atomic E-state index is 2.54. The summed E-state index contributed by atoms with van der Waals surface area (Å²) >= 11 is 0. The van der Waals surface area contributed by atoms with E-state index in [1.54, 1.807) is 5.56 Å². The van der Waals surface area contributed by atoms with E-state index in [0.29, 0.717) is 0 Å². The lowest BCUT2D eigenvalue weighted by molar-refractivity contribution is 0.660. The van der Waals surface area contributed by atoms with Gasteiger partial charge in [0.05, 0.1) is 0 Å². The van der Waals surface area contributed by atoms with Crippen LogP contribution in [0.4, 0.5) is 17.1 Å². The largest absolute Gasteiger partial charge is 0.310 e. The Labute approximate surface area is 299 Å². The van der Waals surface area contributed by atoms with Crippen LogP contribution in [0.5, 0.6) is 0 Å². The van der Waals surface area contributed by atoms with Gasteiger partial charge in [0, 0.05) is 22.5 Å². The normalized spacial score (nSPS) is 14.1. The van der Waals surface area contributed by atoms with Crippen molar-refractivity contribution < 1.29 is 0 Å². The molecule has 0 radical (unpaired) electrons. The van der Waals surface area contributed by atoms with Gasteiger partial charge in [-0.25, -0.2) is 0 Å². The molecule has 0 spiro atoms. The number of hydrogen-bond acceptors (Lipinski definition) is 1. The van der Waals surface area contributed by atoms with Gasteiger partial charge in [0.25, 0.3) is 0 Å². The third kappa shape index (κ3) is 6.09. The third-order valence-electron chi connectivity index (χ3n) is 11.4. The first-order chi connectivity index (χ1) is 24.5. The van der Waals surface area contributed by atoms with Gasteiger partial charge in [0.2, 0.25) is 0 Å². The topological polar surface area (TPSA) is 3.24 Å². The van der Waals surface area contributed by atoms with Gasteiger partial charge < -0.3 is 4.90 Å². The van der Waals surface area contributed by atoms with E-state index in [1.165, 1.54) is 105 Å². The SMILES string of the molecule is CCCCCCc1cc2ccc1CCc1ccc(c(N(c3ccccc3)c3ccc4c(c3)C(C)(C)c3cccc(-c5ccccc5)c3-4)c1)CC2. The highest BCUT2D eigenvalue weighted by Gasteiger charge is 2.37. The summed E-state index contributed by atoms with van der Waals surface area (Å²) in [7, 11) is 0. The molecule has 50 heavy (non-hydrogen) atoms. The van der Waals surface area contributed by atoms with Crippen molar-refractivity contribution in [2.75, 3.05) is 4.90 Å². The van der Waals surface area contributed by atoms with Crippen LogP contribution in [0.2, 0.25) is 0 Å². The summed E-state index contributed by atoms with van der Waals surface area (Å²) in [5.41, 5.74) is 19.1. The molecule has 0 atom stereocenters. The van der Waals surface area contributed by atoms with Crippen LogP contribution >= 0.6 is 0 Å². The van der Waals surface area contributed by atoms with Crippen LogP contribution in [0, 0.1) is 0 Å². The van der Waals surface area contributed by atoms with Crippen molar-refractivity contribution >= 4 is 17.1 Å². The second-order valence-corrected chi connectivity index (χ2v) is 15.0. The first-order valence-corrected chi connectivity index (χ1v) is 18.9. The molecule has 6 aromatic carbocycles. The minimum absolute atomic E-state index is 0.116. The molecule has 1 heteroatoms. The molecule has 5 aliphatic rings. The molecule has 1 nitrogen and oxygen atoms in total. The Kier molecular flexibility index (Phi) is 8.92. The number of aryl methyl sites for hydroxylation is 5. The van der Waals surface area contributed by atoms with Crippen molar-refractivity contribution in [3.05, 3.63) is 172 Å². The second kappa shape index (κ2) is 13.8. The Balaban J connectivity index is 1.21. The van der Waals surface area contributed by atoms with Gasteiger partial charge in [0.1, 0.15) is 0 Å². The molecule has 0 saturated heterocycles. The van der Waals surface area contributed by atoms with Crippen molar-refractivity contribution in [3.8, 4) is 22.3 Å². The van der Waals surface area contributed by atoms with Crippen LogP contribution < -0.4 is 4.90 Å². The van der Waals surface area contributed by atoms with E-state index in [2.05, 4.69) is 159 Å². The number of benzene rings is 6. The lowest BCUT2D eigenvalue weighted by Gasteiger charge is -2.30. The number of fused-ring (bicyclic) bond motifs is 3. The minimum atomic E-state index is -0.116. The number of unbranched alkanes of at least 4 members (excludes halogenated alkanes) is 3. The Morgan fingerprint density at radius 1 is 0.540 bits per heavy atom. The maximum atomic E-state index is 2.54. The van der Waals surface area contributed by atoms with Gasteiger partial charge in [-0.1, -0.05) is 143 Å². The van der Waals surface area contributed by atoms with Crippen molar-refractivity contribution in [1.29, 1.82) is 0 Å². The molecule has 0 aliphatic heterocycles. The zero-order valence-corrected chi connectivity index (χ0v) is 30.0. The molecule has 0 N–H and O–H groups in total. The third-order valence-corrected chi connectivity index (χ3v) is 11.4. The van der Waals surface area contributed by atoms with Crippen molar-refractivity contribution in [1.82, 2.24) is 0 Å². The summed E-state index contributed by atoms with van der Waals surface area (Å²) in [6.45, 7) is 7.10. The standard InChI is InChI=1S/C49H49N/c1-4-5-6-9-17-40-32-35-22-26-37(40)27-23-36-25-29-39(28-24-35)47(33-36)50(41-18-12-8-13-19-41)42-30-31-44-46(34-42)49(2,3)45-21-14-20-43(48(44)45)38-15-10-7-11-16-38/h7-8,10-16,18-22,25-26,29-34H,4-6,9,17,23-24,27-28H2,1-3H3. The molecular formula is C49H49N. The predicted octanol–water partition coefficient (Wildman–Crippen LogP) is 13.1. The Hall–Kier alpha value is -4.88. The zero-order valence-electron chi connectivity index (χ0n) is 30.0. The fourth-order valence-corrected chi connectivity index (χ4v) is 8.57. The zero-order chi connectivity index (χ0) is 34.1. The average Bonchev–Trinajstić information content (AvgIpc) is 3.38. The summed E-state index contributed by atoms with van der Waals surface area (Å²) in [5, 5.41) is 0. The molecule has 0 heterocycles. The summed E-state index contributed by atoms with van der Waals surface area (Å²) in [6, 6.07) is 50.7. The van der Waals surface area contributed by atoms with E-state index in [1.807, 2.05) is 0 Å². The Morgan fingerprint density at radius 3 is 2.04 bits per heavy atom. The van der Waals surface area contributed by atoms with Gasteiger partial charge in [-0.3, -0.25) is 0 Å². The van der Waals surface area contributed by atoms with E-state index in [4.69, 9.17) is 0 Å². The van der Waals surface area contributed by atoms with Crippen LogP contribution in [-0.4, -0.2) is 0 Å². The van der Waals surface area contributed by atoms with E-state index < -0.39 is 0 Å². The molecular weight excluding hydrogens is 603 g/mol. The van der Waals surface area contributed by atoms with E-state index in [9.17, 15) is 0 Å². The van der Waals surface area contributed by atoms with Gasteiger partial charge in [0.15, 0.2) is 0 Å². The highest BCUT2D eigenvalue weighted by molar-refractivity contribution is 5.94. The first kappa shape index (κ1) is 32.3. The Bertz CT molecular complexity index is 2120. The summed E-state index contributed by atoms with van der Waals surface area (Å²) < 4.78 is 0. The number of hydrogen-bond donors (Lipinski definition) is 0. The molecule has 0 fully saturated rings. The van der Waals surface area contributed by atoms with Crippen molar-refractivity contribution in [3.63, 3.8) is 0 Å². The molecule has 0 aromatic heterocycles. The molecule has 5 aliphatic carbocycles. The van der Waals surface area contributed by atoms with Gasteiger partial charge in [-0.2, -0.15) is 0 Å². The van der Waals surface area contributed by atoms with E-state index in [-0.39, 0.29) is 5.41 Å². The lowest BCUT2D eigenvalue weighted by Crippen LogP contribution is -2.17. The van der Waals surface area contributed by atoms with Gasteiger partial charge in [-0.05, 0) is 130 Å². The van der Waals surface area contributed by atoms with Crippen LogP contribution in [-0.2, 0) is 37.5 Å². The fraction of sp³-hybridized carbons (Fsp3) is 0.265. The van der Waals surface area contributed by atoms with Crippen LogP contribution in [0.25, 0.3) is 22.3 Å². The number of nitrogens with zero attached hydrogens (tertiary/aromatic N) is 1. The van der Waals surface area contributed by atoms with Gasteiger partial charge in [-0.15, -0.1) is 0 Å². The van der Waals surface area contributed by atoms with E-state index in [0.717, 1.165) is 25.7 Å². The molecule has 250 valence electrons. The smallest absolute Gasteiger partial charge is 0.0496 e. The van der Waals surface area contributed by atoms with E-state index >= 15 is 0 Å². The molecule has 0 unspecified atom stereocenters. The maximum Gasteiger partial charge on any atom is 0.0496 e. The fourth-order valence-electron chi connectivity index (χ4n) is 8.57. The highest BCUT2D eigenvalue weighted by Crippen LogP contribution is 2.53. The number of para-hydroxylation sites is 1. The Morgan fingerprint density at radius 2 is 1.26 bits per heavy atom. The monoisotopic (exact) mass is 651 g/mol. The molecule has 11 rings (SSSR count). The number of anilines is 3. The van der Waals surface area contributed by atoms with Crippen molar-refractivity contribution in [2.45, 2.75) is 84.0 Å².